The number of rotatable bonds is 8. The standard InChI is InChI=1S/C38H50FN5O2.C4H10O/c1-26-20-32(39)9-8-30(26)23-43-13-10-28-21-29(6-7-31(28)24-43)36-34(25-42-18-16-41(5)17-19-42)40-27(2)33(22-35(45)46)37(36)44-14-11-38(3,4)12-15-44;1-4(2,3)5/h6-9,20-21H,10-19,22-25H2,1-5H3,(H,45,46);5H,1-3H3. The van der Waals surface area contributed by atoms with Crippen LogP contribution >= 0.6 is 0 Å². The van der Waals surface area contributed by atoms with Gasteiger partial charge in [0.1, 0.15) is 5.82 Å². The molecule has 3 aromatic rings. The SMILES string of the molecule is CC(C)(C)O.Cc1cc(F)ccc1CN1CCc2cc(-c3c(CN4CCN(C)CC4)nc(C)c(CC(=O)O)c3N3CCC(C)(C)CC3)ccc2C1. The minimum atomic E-state index is -0.816. The van der Waals surface area contributed by atoms with Gasteiger partial charge < -0.3 is 20.0 Å². The van der Waals surface area contributed by atoms with Crippen molar-refractivity contribution in [3.05, 3.63) is 81.4 Å². The normalized spacial score (nSPS) is 18.6. The molecular weight excluding hydrogens is 641 g/mol. The number of piperidine rings is 1. The number of hydrogen-bond donors (Lipinski definition) is 2. The average molecular weight is 702 g/mol. The van der Waals surface area contributed by atoms with Crippen molar-refractivity contribution in [1.29, 1.82) is 0 Å². The second-order valence-electron chi connectivity index (χ2n) is 16.8. The minimum absolute atomic E-state index is 0.0292. The molecule has 0 unspecified atom stereocenters. The smallest absolute Gasteiger partial charge is 0.307 e. The van der Waals surface area contributed by atoms with Gasteiger partial charge in [-0.2, -0.15) is 0 Å². The predicted octanol–water partition coefficient (Wildman–Crippen LogP) is 6.84. The number of carboxylic acid groups (broad SMARTS) is 1. The Morgan fingerprint density at radius 2 is 1.57 bits per heavy atom. The second-order valence-corrected chi connectivity index (χ2v) is 16.8. The number of aliphatic carboxylic acids is 1. The van der Waals surface area contributed by atoms with Crippen molar-refractivity contribution < 1.29 is 19.4 Å². The Hall–Kier alpha value is -3.37. The molecule has 0 saturated carbocycles. The van der Waals surface area contributed by atoms with Crippen LogP contribution in [-0.2, 0) is 37.3 Å². The lowest BCUT2D eigenvalue weighted by atomic mass is 9.81. The van der Waals surface area contributed by atoms with E-state index < -0.39 is 11.6 Å². The van der Waals surface area contributed by atoms with Crippen LogP contribution in [0.1, 0.15) is 86.7 Å². The van der Waals surface area contributed by atoms with E-state index in [2.05, 4.69) is 58.7 Å². The van der Waals surface area contributed by atoms with Crippen LogP contribution in [0.4, 0.5) is 10.1 Å². The highest BCUT2D eigenvalue weighted by Gasteiger charge is 2.32. The summed E-state index contributed by atoms with van der Waals surface area (Å²) in [5, 5.41) is 18.6. The van der Waals surface area contributed by atoms with E-state index in [1.807, 2.05) is 19.9 Å². The number of fused-ring (bicyclic) bond motifs is 1. The van der Waals surface area contributed by atoms with E-state index in [4.69, 9.17) is 10.1 Å². The summed E-state index contributed by atoms with van der Waals surface area (Å²) < 4.78 is 13.7. The molecule has 0 aliphatic carbocycles. The van der Waals surface area contributed by atoms with Gasteiger partial charge in [0.15, 0.2) is 0 Å². The van der Waals surface area contributed by atoms with Crippen molar-refractivity contribution in [1.82, 2.24) is 19.7 Å². The minimum Gasteiger partial charge on any atom is -0.481 e. The van der Waals surface area contributed by atoms with Crippen LogP contribution in [0.5, 0.6) is 0 Å². The van der Waals surface area contributed by atoms with E-state index >= 15 is 0 Å². The summed E-state index contributed by atoms with van der Waals surface area (Å²) in [7, 11) is 2.18. The van der Waals surface area contributed by atoms with E-state index in [1.165, 1.54) is 16.7 Å². The summed E-state index contributed by atoms with van der Waals surface area (Å²) in [5.74, 6) is -1.00. The van der Waals surface area contributed by atoms with Crippen LogP contribution in [0, 0.1) is 25.1 Å². The lowest BCUT2D eigenvalue weighted by Gasteiger charge is -2.41. The number of benzene rings is 2. The topological polar surface area (TPSA) is 83.4 Å². The summed E-state index contributed by atoms with van der Waals surface area (Å²) >= 11 is 0. The first-order valence-electron chi connectivity index (χ1n) is 18.7. The highest BCUT2D eigenvalue weighted by molar-refractivity contribution is 5.87. The molecular formula is C42H60FN5O3. The van der Waals surface area contributed by atoms with Gasteiger partial charge in [0, 0.05) is 82.3 Å². The van der Waals surface area contributed by atoms with Gasteiger partial charge in [-0.25, -0.2) is 4.39 Å². The lowest BCUT2D eigenvalue weighted by molar-refractivity contribution is -0.136. The molecule has 0 atom stereocenters. The van der Waals surface area contributed by atoms with Crippen molar-refractivity contribution in [3.63, 3.8) is 0 Å². The zero-order valence-corrected chi connectivity index (χ0v) is 32.3. The number of likely N-dealkylation sites (N-methyl/N-ethyl adjacent to an activating group) is 1. The first kappa shape index (κ1) is 38.9. The largest absolute Gasteiger partial charge is 0.481 e. The molecule has 2 aromatic carbocycles. The Labute approximate surface area is 305 Å². The zero-order chi connectivity index (χ0) is 37.1. The Balaban J connectivity index is 0.000000943. The highest BCUT2D eigenvalue weighted by Crippen LogP contribution is 2.43. The number of pyridine rings is 1. The number of halogens is 1. The van der Waals surface area contributed by atoms with Gasteiger partial charge in [-0.3, -0.25) is 19.6 Å². The fourth-order valence-corrected chi connectivity index (χ4v) is 7.45. The van der Waals surface area contributed by atoms with E-state index in [-0.39, 0.29) is 17.7 Å². The van der Waals surface area contributed by atoms with Crippen LogP contribution in [0.2, 0.25) is 0 Å². The fraction of sp³-hybridized carbons (Fsp3) is 0.571. The molecule has 0 amide bonds. The van der Waals surface area contributed by atoms with Crippen molar-refractivity contribution in [3.8, 4) is 11.1 Å². The second kappa shape index (κ2) is 16.1. The molecule has 51 heavy (non-hydrogen) atoms. The molecule has 2 saturated heterocycles. The maximum atomic E-state index is 13.7. The number of carbonyl (C=O) groups is 1. The third-order valence-corrected chi connectivity index (χ3v) is 10.6. The highest BCUT2D eigenvalue weighted by atomic mass is 19.1. The van der Waals surface area contributed by atoms with E-state index in [0.29, 0.717) is 0 Å². The first-order chi connectivity index (χ1) is 24.0. The third kappa shape index (κ3) is 10.6. The number of carboxylic acids is 1. The van der Waals surface area contributed by atoms with Crippen molar-refractivity contribution >= 4 is 11.7 Å². The number of hydrogen-bond acceptors (Lipinski definition) is 7. The number of anilines is 1. The monoisotopic (exact) mass is 701 g/mol. The van der Waals surface area contributed by atoms with Gasteiger partial charge in [-0.1, -0.05) is 38.1 Å². The Morgan fingerprint density at radius 1 is 0.902 bits per heavy atom. The van der Waals surface area contributed by atoms with Crippen LogP contribution in [0.3, 0.4) is 0 Å². The van der Waals surface area contributed by atoms with Crippen LogP contribution < -0.4 is 4.90 Å². The van der Waals surface area contributed by atoms with Crippen LogP contribution in [0.25, 0.3) is 11.1 Å². The summed E-state index contributed by atoms with van der Waals surface area (Å²) in [6.45, 7) is 23.1. The summed E-state index contributed by atoms with van der Waals surface area (Å²) in [5.41, 5.74) is 10.7. The predicted molar refractivity (Wildman–Crippen MR) is 205 cm³/mol. The van der Waals surface area contributed by atoms with Gasteiger partial charge in [-0.15, -0.1) is 0 Å². The molecule has 278 valence electrons. The molecule has 0 radical (unpaired) electrons. The Kier molecular flexibility index (Phi) is 12.3. The van der Waals surface area contributed by atoms with Gasteiger partial charge >= 0.3 is 5.97 Å². The molecule has 2 N–H and O–H groups in total. The molecule has 0 bridgehead atoms. The van der Waals surface area contributed by atoms with E-state index in [0.717, 1.165) is 124 Å². The Morgan fingerprint density at radius 3 is 2.20 bits per heavy atom. The fourth-order valence-electron chi connectivity index (χ4n) is 7.45. The number of aryl methyl sites for hydroxylation is 2. The number of aliphatic hydroxyl groups is 1. The van der Waals surface area contributed by atoms with Crippen LogP contribution in [0.15, 0.2) is 36.4 Å². The molecule has 3 aliphatic heterocycles. The molecule has 2 fully saturated rings. The average Bonchev–Trinajstić information content (AvgIpc) is 3.03. The number of nitrogens with zero attached hydrogens (tertiary/aromatic N) is 5. The summed E-state index contributed by atoms with van der Waals surface area (Å²) in [4.78, 5) is 27.2. The quantitative estimate of drug-likeness (QED) is 0.264. The first-order valence-corrected chi connectivity index (χ1v) is 18.7. The van der Waals surface area contributed by atoms with Crippen molar-refractivity contribution in [2.45, 2.75) is 99.4 Å². The maximum absolute atomic E-state index is 13.7. The van der Waals surface area contributed by atoms with E-state index in [1.54, 1.807) is 32.9 Å². The van der Waals surface area contributed by atoms with Gasteiger partial charge in [0.25, 0.3) is 0 Å². The molecule has 1 aromatic heterocycles. The molecule has 8 nitrogen and oxygen atoms in total. The van der Waals surface area contributed by atoms with Gasteiger partial charge in [0.2, 0.25) is 0 Å². The number of piperazine rings is 1. The summed E-state index contributed by atoms with van der Waals surface area (Å²) in [6, 6.07) is 12.0. The molecule has 3 aliphatic rings. The number of aromatic nitrogens is 1. The third-order valence-electron chi connectivity index (χ3n) is 10.6. The van der Waals surface area contributed by atoms with Crippen molar-refractivity contribution in [2.75, 3.05) is 57.8 Å². The molecule has 0 spiro atoms. The molecule has 4 heterocycles. The molecule has 6 rings (SSSR count). The summed E-state index contributed by atoms with van der Waals surface area (Å²) in [6.07, 6.45) is 3.05. The lowest BCUT2D eigenvalue weighted by Crippen LogP contribution is -2.44. The Bertz CT molecular complexity index is 1680. The zero-order valence-electron chi connectivity index (χ0n) is 32.3. The van der Waals surface area contributed by atoms with Gasteiger partial charge in [-0.05, 0) is 106 Å². The maximum Gasteiger partial charge on any atom is 0.307 e. The van der Waals surface area contributed by atoms with Crippen LogP contribution in [-0.4, -0.2) is 94.3 Å². The van der Waals surface area contributed by atoms with E-state index in [9.17, 15) is 14.3 Å². The van der Waals surface area contributed by atoms with Gasteiger partial charge in [0.05, 0.1) is 23.4 Å². The molecule has 9 heteroatoms. The van der Waals surface area contributed by atoms with Crippen molar-refractivity contribution in [2.24, 2.45) is 5.41 Å².